The number of halogens is 1. The minimum atomic E-state index is -4.12. The van der Waals surface area contributed by atoms with Crippen molar-refractivity contribution in [1.82, 2.24) is 4.72 Å². The molecule has 0 aliphatic rings. The van der Waals surface area contributed by atoms with Gasteiger partial charge in [0.25, 0.3) is 0 Å². The molecule has 0 aromatic heterocycles. The minimum Gasteiger partial charge on any atom is -0.495 e. The molecule has 33 heavy (non-hydrogen) atoms. The third-order valence-electron chi connectivity index (χ3n) is 5.16. The van der Waals surface area contributed by atoms with Gasteiger partial charge in [0.05, 0.1) is 7.11 Å². The Morgan fingerprint density at radius 1 is 1.00 bits per heavy atom. The van der Waals surface area contributed by atoms with Crippen molar-refractivity contribution in [3.05, 3.63) is 88.9 Å². The first-order chi connectivity index (χ1) is 15.7. The number of rotatable bonds is 9. The van der Waals surface area contributed by atoms with E-state index < -0.39 is 22.0 Å². The van der Waals surface area contributed by atoms with E-state index in [0.717, 1.165) is 11.1 Å². The number of hydrogen-bond acceptors (Lipinski definition) is 4. The first kappa shape index (κ1) is 24.8. The Labute approximate surface area is 200 Å². The predicted molar refractivity (Wildman–Crippen MR) is 131 cm³/mol. The highest BCUT2D eigenvalue weighted by atomic mass is 35.5. The number of hydrogen-bond donors (Lipinski definition) is 2. The van der Waals surface area contributed by atoms with Gasteiger partial charge in [-0.1, -0.05) is 67.9 Å². The van der Waals surface area contributed by atoms with E-state index in [-0.39, 0.29) is 22.1 Å². The maximum atomic E-state index is 13.2. The fourth-order valence-corrected chi connectivity index (χ4v) is 4.96. The first-order valence-electron chi connectivity index (χ1n) is 10.5. The zero-order valence-electron chi connectivity index (χ0n) is 18.7. The number of sulfonamides is 1. The van der Waals surface area contributed by atoms with Crippen molar-refractivity contribution >= 4 is 33.2 Å². The number of carbonyl (C=O) groups excluding carboxylic acids is 1. The maximum Gasteiger partial charge on any atom is 0.245 e. The SMILES string of the molecule is COc1ccc(Cl)cc1S(=O)(=O)N[C@@H](Cc1ccccc1)C(=O)Nc1ccc(C(C)C)cc1. The fourth-order valence-electron chi connectivity index (χ4n) is 3.33. The number of nitrogens with one attached hydrogen (secondary N) is 2. The van der Waals surface area contributed by atoms with Gasteiger partial charge in [-0.25, -0.2) is 8.42 Å². The molecule has 0 fully saturated rings. The van der Waals surface area contributed by atoms with Gasteiger partial charge in [0.15, 0.2) is 0 Å². The van der Waals surface area contributed by atoms with Crippen LogP contribution in [0.25, 0.3) is 0 Å². The van der Waals surface area contributed by atoms with Crippen LogP contribution in [-0.4, -0.2) is 27.5 Å². The third kappa shape index (κ3) is 6.57. The smallest absolute Gasteiger partial charge is 0.245 e. The highest BCUT2D eigenvalue weighted by Gasteiger charge is 2.28. The van der Waals surface area contributed by atoms with E-state index in [1.54, 1.807) is 12.1 Å². The van der Waals surface area contributed by atoms with Gasteiger partial charge in [-0.05, 0) is 53.8 Å². The lowest BCUT2D eigenvalue weighted by Crippen LogP contribution is -2.45. The maximum absolute atomic E-state index is 13.2. The molecular weight excluding hydrogens is 460 g/mol. The van der Waals surface area contributed by atoms with Gasteiger partial charge in [-0.2, -0.15) is 4.72 Å². The lowest BCUT2D eigenvalue weighted by molar-refractivity contribution is -0.117. The van der Waals surface area contributed by atoms with Crippen LogP contribution in [0.2, 0.25) is 5.02 Å². The van der Waals surface area contributed by atoms with Crippen LogP contribution in [0, 0.1) is 0 Å². The molecule has 3 aromatic carbocycles. The molecule has 3 rings (SSSR count). The largest absolute Gasteiger partial charge is 0.495 e. The molecule has 0 spiro atoms. The number of amides is 1. The van der Waals surface area contributed by atoms with Gasteiger partial charge < -0.3 is 10.1 Å². The van der Waals surface area contributed by atoms with Crippen LogP contribution in [0.3, 0.4) is 0 Å². The van der Waals surface area contributed by atoms with Crippen LogP contribution in [0.1, 0.15) is 30.9 Å². The molecule has 3 aromatic rings. The fraction of sp³-hybridized carbons (Fsp3) is 0.240. The van der Waals surface area contributed by atoms with Crippen LogP contribution in [0.4, 0.5) is 5.69 Å². The van der Waals surface area contributed by atoms with E-state index in [0.29, 0.717) is 11.6 Å². The Balaban J connectivity index is 1.89. The van der Waals surface area contributed by atoms with Gasteiger partial charge >= 0.3 is 0 Å². The molecule has 8 heteroatoms. The van der Waals surface area contributed by atoms with E-state index in [4.69, 9.17) is 16.3 Å². The van der Waals surface area contributed by atoms with Gasteiger partial charge in [-0.15, -0.1) is 0 Å². The normalized spacial score (nSPS) is 12.4. The second kappa shape index (κ2) is 10.8. The van der Waals surface area contributed by atoms with Crippen molar-refractivity contribution in [1.29, 1.82) is 0 Å². The average molecular weight is 487 g/mol. The average Bonchev–Trinajstić information content (AvgIpc) is 2.79. The minimum absolute atomic E-state index is 0.134. The first-order valence-corrected chi connectivity index (χ1v) is 12.4. The molecule has 0 bridgehead atoms. The van der Waals surface area contributed by atoms with Crippen molar-refractivity contribution in [2.45, 2.75) is 37.1 Å². The summed E-state index contributed by atoms with van der Waals surface area (Å²) in [5, 5.41) is 3.06. The second-order valence-electron chi connectivity index (χ2n) is 7.92. The summed E-state index contributed by atoms with van der Waals surface area (Å²) >= 11 is 6.02. The quantitative estimate of drug-likeness (QED) is 0.445. The van der Waals surface area contributed by atoms with E-state index in [9.17, 15) is 13.2 Å². The molecule has 0 unspecified atom stereocenters. The summed E-state index contributed by atoms with van der Waals surface area (Å²) in [7, 11) is -2.75. The number of ether oxygens (including phenoxy) is 1. The van der Waals surface area contributed by atoms with Crippen LogP contribution in [-0.2, 0) is 21.2 Å². The molecule has 6 nitrogen and oxygen atoms in total. The van der Waals surface area contributed by atoms with E-state index in [2.05, 4.69) is 23.9 Å². The monoisotopic (exact) mass is 486 g/mol. The topological polar surface area (TPSA) is 84.5 Å². The molecule has 0 radical (unpaired) electrons. The Bertz CT molecular complexity index is 1200. The van der Waals surface area contributed by atoms with E-state index >= 15 is 0 Å². The van der Waals surface area contributed by atoms with Crippen LogP contribution in [0.15, 0.2) is 77.7 Å². The summed E-state index contributed by atoms with van der Waals surface area (Å²) in [4.78, 5) is 13.0. The van der Waals surface area contributed by atoms with Crippen molar-refractivity contribution in [2.24, 2.45) is 0 Å². The molecule has 174 valence electrons. The Hall–Kier alpha value is -2.87. The van der Waals surface area contributed by atoms with E-state index in [1.165, 1.54) is 25.3 Å². The summed E-state index contributed by atoms with van der Waals surface area (Å²) in [5.74, 6) is 0.0239. The number of anilines is 1. The Kier molecular flexibility index (Phi) is 8.13. The molecule has 1 amide bonds. The van der Waals surface area contributed by atoms with E-state index in [1.807, 2.05) is 42.5 Å². The number of methoxy groups -OCH3 is 1. The zero-order valence-corrected chi connectivity index (χ0v) is 20.3. The number of carbonyl (C=O) groups is 1. The van der Waals surface area contributed by atoms with Crippen LogP contribution < -0.4 is 14.8 Å². The van der Waals surface area contributed by atoms with Gasteiger partial charge in [-0.3, -0.25) is 4.79 Å². The van der Waals surface area contributed by atoms with Crippen molar-refractivity contribution in [3.8, 4) is 5.75 Å². The lowest BCUT2D eigenvalue weighted by Gasteiger charge is -2.20. The van der Waals surface area contributed by atoms with Crippen molar-refractivity contribution in [3.63, 3.8) is 0 Å². The molecule has 0 aliphatic heterocycles. The predicted octanol–water partition coefficient (Wildman–Crippen LogP) is 5.00. The Morgan fingerprint density at radius 2 is 1.67 bits per heavy atom. The highest BCUT2D eigenvalue weighted by Crippen LogP contribution is 2.27. The van der Waals surface area contributed by atoms with Gasteiger partial charge in [0.1, 0.15) is 16.7 Å². The Morgan fingerprint density at radius 3 is 2.27 bits per heavy atom. The van der Waals surface area contributed by atoms with Crippen LogP contribution in [0.5, 0.6) is 5.75 Å². The standard InChI is InChI=1S/C25H27ClN2O4S/c1-17(2)19-9-12-21(13-10-19)27-25(29)22(15-18-7-5-4-6-8-18)28-33(30,31)24-16-20(26)11-14-23(24)32-3/h4-14,16-17,22,28H,15H2,1-3H3,(H,27,29)/t22-/m0/s1. The summed E-state index contributed by atoms with van der Waals surface area (Å²) in [6.45, 7) is 4.17. The van der Waals surface area contributed by atoms with Crippen molar-refractivity contribution in [2.75, 3.05) is 12.4 Å². The molecular formula is C25H27ClN2O4S. The third-order valence-corrected chi connectivity index (χ3v) is 6.88. The second-order valence-corrected chi connectivity index (χ2v) is 10.0. The summed E-state index contributed by atoms with van der Waals surface area (Å²) in [5.41, 5.74) is 2.54. The molecule has 1 atom stereocenters. The summed E-state index contributed by atoms with van der Waals surface area (Å²) < 4.78 is 34.1. The zero-order chi connectivity index (χ0) is 24.0. The van der Waals surface area contributed by atoms with Gasteiger partial charge in [0, 0.05) is 10.7 Å². The summed E-state index contributed by atoms with van der Waals surface area (Å²) in [6.07, 6.45) is 0.166. The summed E-state index contributed by atoms with van der Waals surface area (Å²) in [6, 6.07) is 19.9. The molecule has 0 saturated heterocycles. The van der Waals surface area contributed by atoms with Gasteiger partial charge in [0.2, 0.25) is 15.9 Å². The van der Waals surface area contributed by atoms with Crippen LogP contribution >= 0.6 is 11.6 Å². The molecule has 0 saturated carbocycles. The molecule has 0 heterocycles. The number of benzene rings is 3. The molecule has 2 N–H and O–H groups in total. The molecule has 0 aliphatic carbocycles. The lowest BCUT2D eigenvalue weighted by atomic mass is 10.0. The highest BCUT2D eigenvalue weighted by molar-refractivity contribution is 7.89. The van der Waals surface area contributed by atoms with Crippen molar-refractivity contribution < 1.29 is 17.9 Å².